The highest BCUT2D eigenvalue weighted by Crippen LogP contribution is 2.33. The van der Waals surface area contributed by atoms with E-state index in [1.165, 1.54) is 19.2 Å². The van der Waals surface area contributed by atoms with Gasteiger partial charge in [-0.2, -0.15) is 4.98 Å². The number of hydrogen-bond acceptors (Lipinski definition) is 5. The molecule has 0 spiro atoms. The van der Waals surface area contributed by atoms with Crippen LogP contribution in [-0.2, 0) is 0 Å². The Hall–Kier alpha value is -2.80. The minimum atomic E-state index is -0.304. The molecule has 1 N–H and O–H groups in total. The molecule has 7 heteroatoms. The van der Waals surface area contributed by atoms with E-state index < -0.39 is 0 Å². The van der Waals surface area contributed by atoms with Gasteiger partial charge in [-0.25, -0.2) is 14.4 Å². The van der Waals surface area contributed by atoms with E-state index in [4.69, 9.17) is 4.74 Å². The Balaban J connectivity index is 2.17. The summed E-state index contributed by atoms with van der Waals surface area (Å²) in [5.74, 6) is -0.304. The lowest BCUT2D eigenvalue weighted by Gasteiger charge is -2.16. The summed E-state index contributed by atoms with van der Waals surface area (Å²) in [6.45, 7) is 2.06. The summed E-state index contributed by atoms with van der Waals surface area (Å²) in [5, 5.41) is 9.27. The van der Waals surface area contributed by atoms with Crippen molar-refractivity contribution in [3.05, 3.63) is 48.7 Å². The molecule has 0 radical (unpaired) electrons. The van der Waals surface area contributed by atoms with Crippen LogP contribution in [0.25, 0.3) is 22.6 Å². The molecule has 0 aliphatic rings. The molecule has 1 atom stereocenters. The first-order chi connectivity index (χ1) is 12.1. The summed E-state index contributed by atoms with van der Waals surface area (Å²) in [4.78, 5) is 13.0. The minimum Gasteiger partial charge on any atom is -0.467 e. The van der Waals surface area contributed by atoms with E-state index in [9.17, 15) is 9.50 Å². The molecule has 130 valence electrons. The molecular weight excluding hydrogens is 323 g/mol. The molecular formula is C18H19FN4O2. The van der Waals surface area contributed by atoms with Crippen molar-refractivity contribution in [2.45, 2.75) is 19.4 Å². The summed E-state index contributed by atoms with van der Waals surface area (Å²) >= 11 is 0. The lowest BCUT2D eigenvalue weighted by molar-refractivity contribution is 0.263. The molecule has 0 bridgehead atoms. The number of rotatable bonds is 6. The zero-order valence-electron chi connectivity index (χ0n) is 14.1. The Morgan fingerprint density at radius 3 is 2.64 bits per heavy atom. The number of nitrogens with zero attached hydrogens (tertiary/aromatic N) is 4. The molecule has 1 aromatic carbocycles. The second-order valence-corrected chi connectivity index (χ2v) is 5.65. The fourth-order valence-electron chi connectivity index (χ4n) is 2.66. The molecule has 25 heavy (non-hydrogen) atoms. The molecule has 0 aliphatic heterocycles. The van der Waals surface area contributed by atoms with Crippen LogP contribution in [0.4, 0.5) is 4.39 Å². The van der Waals surface area contributed by atoms with E-state index in [-0.39, 0.29) is 24.5 Å². The Morgan fingerprint density at radius 2 is 1.96 bits per heavy atom. The third-order valence-electron chi connectivity index (χ3n) is 3.99. The molecule has 1 unspecified atom stereocenters. The quantitative estimate of drug-likeness (QED) is 0.745. The highest BCUT2D eigenvalue weighted by Gasteiger charge is 2.20. The smallest absolute Gasteiger partial charge is 0.316 e. The number of aliphatic hydroxyl groups excluding tert-OH is 1. The predicted molar refractivity (Wildman–Crippen MR) is 91.6 cm³/mol. The van der Waals surface area contributed by atoms with Crippen LogP contribution < -0.4 is 4.74 Å². The van der Waals surface area contributed by atoms with Gasteiger partial charge in [0.05, 0.1) is 30.5 Å². The molecule has 0 amide bonds. The van der Waals surface area contributed by atoms with E-state index in [0.29, 0.717) is 17.8 Å². The summed E-state index contributed by atoms with van der Waals surface area (Å²) in [7, 11) is 1.51. The van der Waals surface area contributed by atoms with Gasteiger partial charge in [0.15, 0.2) is 0 Å². The van der Waals surface area contributed by atoms with Crippen molar-refractivity contribution in [1.29, 1.82) is 0 Å². The first-order valence-corrected chi connectivity index (χ1v) is 7.95. The van der Waals surface area contributed by atoms with Crippen molar-refractivity contribution in [2.75, 3.05) is 13.7 Å². The number of imidazole rings is 1. The highest BCUT2D eigenvalue weighted by atomic mass is 19.1. The third-order valence-corrected chi connectivity index (χ3v) is 3.99. The molecule has 0 saturated carbocycles. The maximum atomic E-state index is 13.3. The number of methoxy groups -OCH3 is 1. The fourth-order valence-corrected chi connectivity index (χ4v) is 2.66. The van der Waals surface area contributed by atoms with Crippen LogP contribution in [0, 0.1) is 5.82 Å². The van der Waals surface area contributed by atoms with Gasteiger partial charge < -0.3 is 14.4 Å². The summed E-state index contributed by atoms with van der Waals surface area (Å²) < 4.78 is 20.3. The molecule has 3 aromatic rings. The SMILES string of the molecule is COc1nccc(-c2c(-c3ccc(F)cc3)ncn2C(C)CCO)n1. The topological polar surface area (TPSA) is 73.1 Å². The number of aromatic nitrogens is 4. The summed E-state index contributed by atoms with van der Waals surface area (Å²) in [6.07, 6.45) is 3.90. The average Bonchev–Trinajstić information content (AvgIpc) is 3.08. The summed E-state index contributed by atoms with van der Waals surface area (Å²) in [6, 6.07) is 8.20. The molecule has 3 rings (SSSR count). The lowest BCUT2D eigenvalue weighted by atomic mass is 10.1. The number of hydrogen-bond donors (Lipinski definition) is 1. The van der Waals surface area contributed by atoms with E-state index in [0.717, 1.165) is 11.3 Å². The fraction of sp³-hybridized carbons (Fsp3) is 0.278. The second kappa shape index (κ2) is 7.40. The van der Waals surface area contributed by atoms with Crippen LogP contribution in [0.2, 0.25) is 0 Å². The van der Waals surface area contributed by atoms with Crippen LogP contribution in [0.5, 0.6) is 6.01 Å². The monoisotopic (exact) mass is 342 g/mol. The van der Waals surface area contributed by atoms with Gasteiger partial charge in [0.25, 0.3) is 0 Å². The van der Waals surface area contributed by atoms with E-state index in [1.54, 1.807) is 30.7 Å². The van der Waals surface area contributed by atoms with Gasteiger partial charge in [0.1, 0.15) is 5.82 Å². The van der Waals surface area contributed by atoms with Gasteiger partial charge >= 0.3 is 6.01 Å². The van der Waals surface area contributed by atoms with Crippen LogP contribution in [0.3, 0.4) is 0 Å². The molecule has 0 saturated heterocycles. The van der Waals surface area contributed by atoms with Crippen molar-refractivity contribution in [3.8, 4) is 28.7 Å². The molecule has 0 fully saturated rings. The molecule has 2 aromatic heterocycles. The molecule has 0 aliphatic carbocycles. The number of benzene rings is 1. The normalized spacial score (nSPS) is 12.2. The van der Waals surface area contributed by atoms with Crippen molar-refractivity contribution < 1.29 is 14.2 Å². The van der Waals surface area contributed by atoms with Crippen LogP contribution in [0.15, 0.2) is 42.9 Å². The Bertz CT molecular complexity index is 849. The lowest BCUT2D eigenvalue weighted by Crippen LogP contribution is -2.08. The van der Waals surface area contributed by atoms with Gasteiger partial charge in [-0.3, -0.25) is 0 Å². The number of aliphatic hydroxyl groups is 1. The van der Waals surface area contributed by atoms with Gasteiger partial charge in [0, 0.05) is 24.4 Å². The molecule has 2 heterocycles. The van der Waals surface area contributed by atoms with Crippen LogP contribution in [-0.4, -0.2) is 38.3 Å². The maximum Gasteiger partial charge on any atom is 0.316 e. The molecule has 6 nitrogen and oxygen atoms in total. The first kappa shape index (κ1) is 17.0. The van der Waals surface area contributed by atoms with E-state index >= 15 is 0 Å². The third kappa shape index (κ3) is 3.51. The van der Waals surface area contributed by atoms with Crippen LogP contribution >= 0.6 is 0 Å². The largest absolute Gasteiger partial charge is 0.467 e. The van der Waals surface area contributed by atoms with Gasteiger partial charge in [0.2, 0.25) is 0 Å². The zero-order chi connectivity index (χ0) is 17.8. The van der Waals surface area contributed by atoms with Crippen LogP contribution in [0.1, 0.15) is 19.4 Å². The Kier molecular flexibility index (Phi) is 5.04. The second-order valence-electron chi connectivity index (χ2n) is 5.65. The van der Waals surface area contributed by atoms with Gasteiger partial charge in [-0.15, -0.1) is 0 Å². The zero-order valence-corrected chi connectivity index (χ0v) is 14.1. The van der Waals surface area contributed by atoms with Crippen molar-refractivity contribution in [1.82, 2.24) is 19.5 Å². The standard InChI is InChI=1S/C18H19FN4O2/c1-12(8-10-24)23-11-21-16(13-3-5-14(19)6-4-13)17(23)15-7-9-20-18(22-15)25-2/h3-7,9,11-12,24H,8,10H2,1-2H3. The summed E-state index contributed by atoms with van der Waals surface area (Å²) in [5.41, 5.74) is 2.89. The maximum absolute atomic E-state index is 13.3. The number of ether oxygens (including phenoxy) is 1. The Labute approximate surface area is 145 Å². The van der Waals surface area contributed by atoms with Crippen molar-refractivity contribution in [3.63, 3.8) is 0 Å². The highest BCUT2D eigenvalue weighted by molar-refractivity contribution is 5.76. The van der Waals surface area contributed by atoms with Crippen molar-refractivity contribution in [2.24, 2.45) is 0 Å². The number of halogens is 1. The van der Waals surface area contributed by atoms with Gasteiger partial charge in [-0.05, 0) is 43.7 Å². The average molecular weight is 342 g/mol. The predicted octanol–water partition coefficient (Wildman–Crippen LogP) is 3.10. The van der Waals surface area contributed by atoms with E-state index in [1.807, 2.05) is 11.5 Å². The first-order valence-electron chi connectivity index (χ1n) is 7.95. The van der Waals surface area contributed by atoms with Crippen molar-refractivity contribution >= 4 is 0 Å². The Morgan fingerprint density at radius 1 is 1.20 bits per heavy atom. The van der Waals surface area contributed by atoms with E-state index in [2.05, 4.69) is 15.0 Å². The van der Waals surface area contributed by atoms with Gasteiger partial charge in [-0.1, -0.05) is 0 Å². The minimum absolute atomic E-state index is 0.0164.